The molecule has 3 rings (SSSR count). The fourth-order valence-corrected chi connectivity index (χ4v) is 2.41. The predicted octanol–water partition coefficient (Wildman–Crippen LogP) is 3.94. The van der Waals surface area contributed by atoms with Crippen LogP contribution in [0.3, 0.4) is 0 Å². The first-order valence-electron chi connectivity index (χ1n) is 6.00. The Bertz CT molecular complexity index is 531. The van der Waals surface area contributed by atoms with Gasteiger partial charge in [-0.25, -0.2) is 0 Å². The van der Waals surface area contributed by atoms with Gasteiger partial charge < -0.3 is 4.74 Å². The van der Waals surface area contributed by atoms with Gasteiger partial charge in [-0.15, -0.1) is 0 Å². The second kappa shape index (κ2) is 4.25. The summed E-state index contributed by atoms with van der Waals surface area (Å²) in [6.07, 6.45) is 2.36. The third-order valence-corrected chi connectivity index (χ3v) is 3.32. The van der Waals surface area contributed by atoms with Gasteiger partial charge in [-0.3, -0.25) is 0 Å². The second-order valence-electron chi connectivity index (χ2n) is 4.45. The summed E-state index contributed by atoms with van der Waals surface area (Å²) in [5.74, 6) is 0.897. The summed E-state index contributed by atoms with van der Waals surface area (Å²) in [6, 6.07) is 16.5. The maximum absolute atomic E-state index is 6.07. The van der Waals surface area contributed by atoms with Gasteiger partial charge in [0, 0.05) is 0 Å². The molecule has 0 N–H and O–H groups in total. The molecule has 2 aromatic rings. The highest BCUT2D eigenvalue weighted by atomic mass is 16.5. The number of aryl methyl sites for hydroxylation is 1. The van der Waals surface area contributed by atoms with E-state index in [0.29, 0.717) is 0 Å². The highest BCUT2D eigenvalue weighted by Gasteiger charge is 2.23. The fraction of sp³-hybridized carbons (Fsp3) is 0.188. The molecule has 85 valence electrons. The lowest BCUT2D eigenvalue weighted by molar-refractivity contribution is 0.207. The van der Waals surface area contributed by atoms with E-state index >= 15 is 0 Å². The Hall–Kier alpha value is -1.76. The van der Waals surface area contributed by atoms with Crippen LogP contribution in [0.4, 0.5) is 0 Å². The minimum absolute atomic E-state index is 0.189. The van der Waals surface area contributed by atoms with E-state index in [2.05, 4.69) is 31.2 Å². The molecule has 1 atom stereocenters. The van der Waals surface area contributed by atoms with E-state index in [1.807, 2.05) is 24.3 Å². The number of para-hydroxylation sites is 1. The van der Waals surface area contributed by atoms with E-state index in [-0.39, 0.29) is 6.10 Å². The zero-order valence-electron chi connectivity index (χ0n) is 9.73. The van der Waals surface area contributed by atoms with Gasteiger partial charge in [0.15, 0.2) is 0 Å². The molecule has 1 heteroatoms. The Morgan fingerprint density at radius 1 is 1.00 bits per heavy atom. The quantitative estimate of drug-likeness (QED) is 0.749. The van der Waals surface area contributed by atoms with Crippen molar-refractivity contribution in [2.24, 2.45) is 0 Å². The second-order valence-corrected chi connectivity index (χ2v) is 4.45. The lowest BCUT2D eigenvalue weighted by Gasteiger charge is -2.16. The van der Waals surface area contributed by atoms with E-state index in [4.69, 9.17) is 4.74 Å². The normalized spacial score (nSPS) is 17.8. The van der Waals surface area contributed by atoms with Gasteiger partial charge in [0.1, 0.15) is 11.9 Å². The molecule has 2 aromatic carbocycles. The van der Waals surface area contributed by atoms with Gasteiger partial charge in [-0.2, -0.15) is 0 Å². The summed E-state index contributed by atoms with van der Waals surface area (Å²) in [6.45, 7) is 3.99. The first-order valence-corrected chi connectivity index (χ1v) is 6.00. The van der Waals surface area contributed by atoms with Crippen LogP contribution in [0.5, 0.6) is 5.75 Å². The van der Waals surface area contributed by atoms with Crippen molar-refractivity contribution in [3.8, 4) is 5.75 Å². The Balaban J connectivity index is 1.87. The maximum Gasteiger partial charge on any atom is 0.124 e. The van der Waals surface area contributed by atoms with E-state index in [1.165, 1.54) is 11.1 Å². The molecular weight excluding hydrogens is 208 g/mol. The molecule has 1 unspecified atom stereocenters. The summed E-state index contributed by atoms with van der Waals surface area (Å²) in [5.41, 5.74) is 3.70. The van der Waals surface area contributed by atoms with Crippen LogP contribution in [-0.4, -0.2) is 0 Å². The molecule has 0 spiro atoms. The molecule has 0 fully saturated rings. The van der Waals surface area contributed by atoms with Crippen molar-refractivity contribution in [2.75, 3.05) is 0 Å². The van der Waals surface area contributed by atoms with Crippen LogP contribution in [0.25, 0.3) is 0 Å². The summed E-state index contributed by atoms with van der Waals surface area (Å²) >= 11 is 0. The van der Waals surface area contributed by atoms with Gasteiger partial charge in [0.25, 0.3) is 0 Å². The predicted molar refractivity (Wildman–Crippen MR) is 69.0 cm³/mol. The highest BCUT2D eigenvalue weighted by Crippen LogP contribution is 2.35. The van der Waals surface area contributed by atoms with Crippen LogP contribution < -0.4 is 4.74 Å². The highest BCUT2D eigenvalue weighted by molar-refractivity contribution is 5.38. The van der Waals surface area contributed by atoms with Crippen molar-refractivity contribution in [3.05, 3.63) is 72.1 Å². The topological polar surface area (TPSA) is 9.23 Å². The largest absolute Gasteiger partial charge is 0.485 e. The zero-order valence-corrected chi connectivity index (χ0v) is 9.73. The Morgan fingerprint density at radius 3 is 2.65 bits per heavy atom. The molecule has 1 radical (unpaired) electrons. The van der Waals surface area contributed by atoms with Crippen molar-refractivity contribution < 1.29 is 4.74 Å². The van der Waals surface area contributed by atoms with Gasteiger partial charge in [0.05, 0.1) is 0 Å². The molecule has 0 saturated heterocycles. The lowest BCUT2D eigenvalue weighted by atomic mass is 10.1. The molecule has 0 heterocycles. The third-order valence-electron chi connectivity index (χ3n) is 3.32. The average molecular weight is 223 g/mol. The number of hydrogen-bond donors (Lipinski definition) is 0. The smallest absolute Gasteiger partial charge is 0.124 e. The van der Waals surface area contributed by atoms with Gasteiger partial charge in [-0.1, -0.05) is 42.5 Å². The van der Waals surface area contributed by atoms with Crippen molar-refractivity contribution in [3.63, 3.8) is 0 Å². The van der Waals surface area contributed by atoms with Gasteiger partial charge in [0.2, 0.25) is 0 Å². The maximum atomic E-state index is 6.07. The minimum atomic E-state index is 0.189. The number of fused-ring (bicyclic) bond motifs is 1. The standard InChI is InChI=1S/C16H15O/c1-12-6-2-5-9-15(12)17-16-11-10-13-7-3-4-8-14(13)16/h2-9,16H,1,10-11H2. The van der Waals surface area contributed by atoms with E-state index < -0.39 is 0 Å². The molecule has 1 aliphatic rings. The molecule has 17 heavy (non-hydrogen) atoms. The molecule has 1 nitrogen and oxygen atoms in total. The Kier molecular flexibility index (Phi) is 2.60. The summed E-state index contributed by atoms with van der Waals surface area (Å²) in [5, 5.41) is 0. The summed E-state index contributed by atoms with van der Waals surface area (Å²) < 4.78 is 6.07. The van der Waals surface area contributed by atoms with Gasteiger partial charge in [-0.05, 0) is 42.5 Å². The van der Waals surface area contributed by atoms with Crippen molar-refractivity contribution in [1.29, 1.82) is 0 Å². The van der Waals surface area contributed by atoms with Crippen molar-refractivity contribution >= 4 is 0 Å². The summed E-state index contributed by atoms with van der Waals surface area (Å²) in [7, 11) is 0. The fourth-order valence-electron chi connectivity index (χ4n) is 2.41. The first-order chi connectivity index (χ1) is 8.34. The SMILES string of the molecule is [CH2]c1ccccc1OC1CCc2ccccc21. The third kappa shape index (κ3) is 1.93. The lowest BCUT2D eigenvalue weighted by Crippen LogP contribution is -2.04. The monoisotopic (exact) mass is 223 g/mol. The van der Waals surface area contributed by atoms with E-state index in [9.17, 15) is 0 Å². The van der Waals surface area contributed by atoms with Crippen LogP contribution in [0, 0.1) is 6.92 Å². The van der Waals surface area contributed by atoms with E-state index in [0.717, 1.165) is 24.2 Å². The van der Waals surface area contributed by atoms with Crippen LogP contribution in [-0.2, 0) is 6.42 Å². The molecule has 1 aliphatic carbocycles. The first kappa shape index (κ1) is 10.4. The zero-order chi connectivity index (χ0) is 11.7. The van der Waals surface area contributed by atoms with Gasteiger partial charge >= 0.3 is 0 Å². The Labute approximate surface area is 102 Å². The molecule has 0 bridgehead atoms. The number of hydrogen-bond acceptors (Lipinski definition) is 1. The number of rotatable bonds is 2. The molecule has 0 aromatic heterocycles. The Morgan fingerprint density at radius 2 is 1.76 bits per heavy atom. The van der Waals surface area contributed by atoms with Crippen LogP contribution >= 0.6 is 0 Å². The number of ether oxygens (including phenoxy) is 1. The van der Waals surface area contributed by atoms with Crippen molar-refractivity contribution in [2.45, 2.75) is 18.9 Å². The summed E-state index contributed by atoms with van der Waals surface area (Å²) in [4.78, 5) is 0. The average Bonchev–Trinajstić information content (AvgIpc) is 2.76. The minimum Gasteiger partial charge on any atom is -0.485 e. The van der Waals surface area contributed by atoms with Crippen LogP contribution in [0.15, 0.2) is 48.5 Å². The van der Waals surface area contributed by atoms with Crippen LogP contribution in [0.1, 0.15) is 29.2 Å². The molecule has 0 amide bonds. The number of benzene rings is 2. The molecular formula is C16H15O. The molecule has 0 aliphatic heterocycles. The van der Waals surface area contributed by atoms with Crippen molar-refractivity contribution in [1.82, 2.24) is 0 Å². The molecule has 0 saturated carbocycles. The van der Waals surface area contributed by atoms with E-state index in [1.54, 1.807) is 0 Å². The van der Waals surface area contributed by atoms with Crippen LogP contribution in [0.2, 0.25) is 0 Å².